The van der Waals surface area contributed by atoms with Crippen LogP contribution in [0.4, 0.5) is 5.13 Å². The van der Waals surface area contributed by atoms with E-state index in [1.54, 1.807) is 6.07 Å². The molecule has 0 bridgehead atoms. The summed E-state index contributed by atoms with van der Waals surface area (Å²) in [7, 11) is 3.78. The third-order valence-electron chi connectivity index (χ3n) is 4.29. The zero-order valence-corrected chi connectivity index (χ0v) is 18.7. The molecule has 0 saturated carbocycles. The highest BCUT2D eigenvalue weighted by Crippen LogP contribution is 2.38. The molecule has 0 spiro atoms. The average molecular weight is 452 g/mol. The van der Waals surface area contributed by atoms with Gasteiger partial charge in [-0.25, -0.2) is 17.7 Å². The number of nitrogens with zero attached hydrogens (tertiary/aromatic N) is 2. The summed E-state index contributed by atoms with van der Waals surface area (Å²) in [6, 6.07) is 7.70. The Balaban J connectivity index is 1.92. The van der Waals surface area contributed by atoms with E-state index in [9.17, 15) is 13.2 Å². The van der Waals surface area contributed by atoms with Crippen LogP contribution in [-0.4, -0.2) is 59.0 Å². The molecule has 0 radical (unpaired) electrons. The first-order valence-corrected chi connectivity index (χ1v) is 10.9. The normalized spacial score (nSPS) is 11.5. The van der Waals surface area contributed by atoms with E-state index in [1.165, 1.54) is 71.0 Å². The van der Waals surface area contributed by atoms with Gasteiger partial charge in [-0.2, -0.15) is 0 Å². The number of hydrogen-bond donors (Lipinski definition) is 1. The van der Waals surface area contributed by atoms with Crippen molar-refractivity contribution in [2.45, 2.75) is 4.90 Å². The molecule has 0 saturated heterocycles. The molecule has 2 aromatic carbocycles. The number of benzene rings is 2. The topological polar surface area (TPSA) is 107 Å². The molecule has 11 heteroatoms. The van der Waals surface area contributed by atoms with Crippen LogP contribution in [0, 0.1) is 0 Å². The number of rotatable bonds is 7. The van der Waals surface area contributed by atoms with Crippen molar-refractivity contribution < 1.29 is 27.4 Å². The second-order valence-corrected chi connectivity index (χ2v) is 9.49. The Morgan fingerprint density at radius 1 is 1.03 bits per heavy atom. The summed E-state index contributed by atoms with van der Waals surface area (Å²) in [6.07, 6.45) is 0. The molecule has 3 aromatic rings. The van der Waals surface area contributed by atoms with E-state index in [1.807, 2.05) is 0 Å². The van der Waals surface area contributed by atoms with E-state index in [-0.39, 0.29) is 4.90 Å². The maximum Gasteiger partial charge on any atom is 0.257 e. The van der Waals surface area contributed by atoms with Gasteiger partial charge in [0, 0.05) is 19.7 Å². The largest absolute Gasteiger partial charge is 0.493 e. The van der Waals surface area contributed by atoms with Gasteiger partial charge in [0.05, 0.1) is 36.4 Å². The first-order valence-electron chi connectivity index (χ1n) is 8.65. The number of carbonyl (C=O) groups is 1. The fourth-order valence-electron chi connectivity index (χ4n) is 2.71. The van der Waals surface area contributed by atoms with Gasteiger partial charge in [0.15, 0.2) is 16.6 Å². The van der Waals surface area contributed by atoms with Crippen LogP contribution in [0.2, 0.25) is 0 Å². The number of ether oxygens (including phenoxy) is 3. The quantitative estimate of drug-likeness (QED) is 0.589. The van der Waals surface area contributed by atoms with E-state index in [0.717, 1.165) is 4.31 Å². The van der Waals surface area contributed by atoms with Crippen molar-refractivity contribution in [3.8, 4) is 17.2 Å². The second-order valence-electron chi connectivity index (χ2n) is 6.30. The third kappa shape index (κ3) is 4.04. The summed E-state index contributed by atoms with van der Waals surface area (Å²) in [5.41, 5.74) is 0.873. The van der Waals surface area contributed by atoms with Crippen molar-refractivity contribution in [3.05, 3.63) is 35.9 Å². The highest BCUT2D eigenvalue weighted by Gasteiger charge is 2.20. The molecular weight excluding hydrogens is 430 g/mol. The molecular formula is C19H21N3O6S2. The number of amides is 1. The van der Waals surface area contributed by atoms with E-state index >= 15 is 0 Å². The van der Waals surface area contributed by atoms with Crippen molar-refractivity contribution in [2.24, 2.45) is 0 Å². The monoisotopic (exact) mass is 451 g/mol. The highest BCUT2D eigenvalue weighted by atomic mass is 32.2. The van der Waals surface area contributed by atoms with Crippen LogP contribution in [0.5, 0.6) is 17.2 Å². The van der Waals surface area contributed by atoms with Crippen molar-refractivity contribution in [1.82, 2.24) is 9.29 Å². The maximum absolute atomic E-state index is 12.7. The minimum Gasteiger partial charge on any atom is -0.493 e. The van der Waals surface area contributed by atoms with E-state index in [0.29, 0.717) is 38.2 Å². The van der Waals surface area contributed by atoms with Crippen molar-refractivity contribution in [2.75, 3.05) is 40.7 Å². The molecule has 0 aliphatic heterocycles. The molecule has 0 atom stereocenters. The molecule has 1 N–H and O–H groups in total. The minimum absolute atomic E-state index is 0.158. The lowest BCUT2D eigenvalue weighted by Crippen LogP contribution is -2.22. The van der Waals surface area contributed by atoms with Crippen LogP contribution in [0.25, 0.3) is 10.2 Å². The molecule has 0 fully saturated rings. The second kappa shape index (κ2) is 8.46. The van der Waals surface area contributed by atoms with Crippen LogP contribution in [0.15, 0.2) is 35.2 Å². The number of sulfonamides is 1. The lowest BCUT2D eigenvalue weighted by Gasteiger charge is -2.13. The number of thiazole rings is 1. The molecule has 1 aromatic heterocycles. The Morgan fingerprint density at radius 3 is 2.20 bits per heavy atom. The van der Waals surface area contributed by atoms with Gasteiger partial charge >= 0.3 is 0 Å². The van der Waals surface area contributed by atoms with Gasteiger partial charge in [0.25, 0.3) is 5.91 Å². The predicted octanol–water partition coefficient (Wildman–Crippen LogP) is 2.82. The summed E-state index contributed by atoms with van der Waals surface area (Å²) >= 11 is 1.18. The van der Waals surface area contributed by atoms with Crippen molar-refractivity contribution in [3.63, 3.8) is 0 Å². The Hall–Kier alpha value is -2.89. The van der Waals surface area contributed by atoms with Crippen LogP contribution in [0.1, 0.15) is 10.4 Å². The first kappa shape index (κ1) is 21.8. The molecule has 160 valence electrons. The minimum atomic E-state index is -3.56. The van der Waals surface area contributed by atoms with Crippen molar-refractivity contribution in [1.29, 1.82) is 0 Å². The van der Waals surface area contributed by atoms with Crippen LogP contribution < -0.4 is 19.5 Å². The van der Waals surface area contributed by atoms with Crippen molar-refractivity contribution >= 4 is 42.6 Å². The molecule has 0 aliphatic carbocycles. The van der Waals surface area contributed by atoms with Gasteiger partial charge in [-0.05, 0) is 30.3 Å². The lowest BCUT2D eigenvalue weighted by atomic mass is 10.1. The molecule has 0 aliphatic rings. The molecule has 1 heterocycles. The van der Waals surface area contributed by atoms with Gasteiger partial charge < -0.3 is 14.2 Å². The highest BCUT2D eigenvalue weighted by molar-refractivity contribution is 7.89. The third-order valence-corrected chi connectivity index (χ3v) is 7.03. The zero-order chi connectivity index (χ0) is 22.1. The summed E-state index contributed by atoms with van der Waals surface area (Å²) in [4.78, 5) is 17.3. The lowest BCUT2D eigenvalue weighted by molar-refractivity contribution is 0.102. The van der Waals surface area contributed by atoms with Gasteiger partial charge in [-0.3, -0.25) is 10.1 Å². The van der Waals surface area contributed by atoms with E-state index < -0.39 is 15.9 Å². The number of aromatic nitrogens is 1. The van der Waals surface area contributed by atoms with Crippen LogP contribution >= 0.6 is 11.3 Å². The standard InChI is InChI=1S/C19H21N3O6S2/c1-22(2)30(24,25)12-6-7-13-16(10-12)29-19(20-13)21-18(23)11-8-14(26-3)17(28-5)15(9-11)27-4/h6-10H,1-5H3,(H,20,21,23). The summed E-state index contributed by atoms with van der Waals surface area (Å²) < 4.78 is 42.2. The Labute approximate surface area is 178 Å². The Kier molecular flexibility index (Phi) is 6.15. The number of hydrogen-bond acceptors (Lipinski definition) is 8. The first-order chi connectivity index (χ1) is 14.2. The number of carbonyl (C=O) groups excluding carboxylic acids is 1. The van der Waals surface area contributed by atoms with E-state index in [2.05, 4.69) is 10.3 Å². The van der Waals surface area contributed by atoms with Gasteiger partial charge in [-0.15, -0.1) is 0 Å². The Bertz CT molecular complexity index is 1180. The zero-order valence-electron chi connectivity index (χ0n) is 17.0. The fourth-order valence-corrected chi connectivity index (χ4v) is 4.61. The number of methoxy groups -OCH3 is 3. The van der Waals surface area contributed by atoms with Crippen LogP contribution in [-0.2, 0) is 10.0 Å². The predicted molar refractivity (Wildman–Crippen MR) is 115 cm³/mol. The Morgan fingerprint density at radius 2 is 1.67 bits per heavy atom. The summed E-state index contributed by atoms with van der Waals surface area (Å²) in [5, 5.41) is 3.06. The summed E-state index contributed by atoms with van der Waals surface area (Å²) in [6.45, 7) is 0. The molecule has 9 nitrogen and oxygen atoms in total. The smallest absolute Gasteiger partial charge is 0.257 e. The molecule has 3 rings (SSSR count). The summed E-state index contributed by atoms with van der Waals surface area (Å²) in [5.74, 6) is 0.662. The molecule has 1 amide bonds. The SMILES string of the molecule is COc1cc(C(=O)Nc2nc3ccc(S(=O)(=O)N(C)C)cc3s2)cc(OC)c1OC. The fraction of sp³-hybridized carbons (Fsp3) is 0.263. The van der Waals surface area contributed by atoms with Gasteiger partial charge in [-0.1, -0.05) is 11.3 Å². The average Bonchev–Trinajstić information content (AvgIpc) is 3.13. The van der Waals surface area contributed by atoms with E-state index in [4.69, 9.17) is 14.2 Å². The number of anilines is 1. The van der Waals surface area contributed by atoms with Gasteiger partial charge in [0.2, 0.25) is 15.8 Å². The van der Waals surface area contributed by atoms with Crippen LogP contribution in [0.3, 0.4) is 0 Å². The molecule has 0 unspecified atom stereocenters. The maximum atomic E-state index is 12.7. The van der Waals surface area contributed by atoms with Gasteiger partial charge in [0.1, 0.15) is 0 Å². The number of fused-ring (bicyclic) bond motifs is 1. The number of nitrogens with one attached hydrogen (secondary N) is 1. The molecule has 30 heavy (non-hydrogen) atoms.